The third-order valence-electron chi connectivity index (χ3n) is 3.20. The predicted octanol–water partition coefficient (Wildman–Crippen LogP) is 4.45. The lowest BCUT2D eigenvalue weighted by atomic mass is 10.1. The average molecular weight is 280 g/mol. The van der Waals surface area contributed by atoms with Crippen LogP contribution in [0.4, 0.5) is 0 Å². The molecule has 0 unspecified atom stereocenters. The molecule has 0 aliphatic heterocycles. The first-order valence-corrected chi connectivity index (χ1v) is 7.37. The Labute approximate surface area is 120 Å². The maximum absolute atomic E-state index is 11.3. The number of benzene rings is 1. The zero-order valence-corrected chi connectivity index (χ0v) is 12.1. The van der Waals surface area contributed by atoms with Gasteiger partial charge in [-0.25, -0.2) is 4.79 Å². The summed E-state index contributed by atoms with van der Waals surface area (Å²) < 4.78 is 5.58. The molecule has 1 rings (SSSR count). The molecule has 0 fully saturated rings. The SMILES string of the molecule is CCCCCCCCCOc1ccccc1C(=O)OO. The van der Waals surface area contributed by atoms with Gasteiger partial charge in [-0.2, -0.15) is 5.26 Å². The van der Waals surface area contributed by atoms with Crippen LogP contribution in [0.5, 0.6) is 5.75 Å². The lowest BCUT2D eigenvalue weighted by molar-refractivity contribution is -0.183. The molecule has 1 aromatic carbocycles. The van der Waals surface area contributed by atoms with Crippen molar-refractivity contribution in [2.75, 3.05) is 6.61 Å². The van der Waals surface area contributed by atoms with Crippen LogP contribution in [0.3, 0.4) is 0 Å². The van der Waals surface area contributed by atoms with Gasteiger partial charge in [0.25, 0.3) is 0 Å². The zero-order chi connectivity index (χ0) is 14.6. The number of rotatable bonds is 10. The fourth-order valence-electron chi connectivity index (χ4n) is 2.05. The fraction of sp³-hybridized carbons (Fsp3) is 0.562. The van der Waals surface area contributed by atoms with Crippen molar-refractivity contribution < 1.29 is 19.7 Å². The van der Waals surface area contributed by atoms with Crippen molar-refractivity contribution in [2.45, 2.75) is 51.9 Å². The minimum absolute atomic E-state index is 0.248. The highest BCUT2D eigenvalue weighted by molar-refractivity contribution is 5.91. The van der Waals surface area contributed by atoms with E-state index >= 15 is 0 Å². The van der Waals surface area contributed by atoms with Gasteiger partial charge in [0.05, 0.1) is 6.61 Å². The Kier molecular flexibility index (Phi) is 8.47. The summed E-state index contributed by atoms with van der Waals surface area (Å²) >= 11 is 0. The summed E-state index contributed by atoms with van der Waals surface area (Å²) in [6.45, 7) is 2.78. The molecule has 0 saturated heterocycles. The Morgan fingerprint density at radius 3 is 2.40 bits per heavy atom. The average Bonchev–Trinajstić information content (AvgIpc) is 2.49. The van der Waals surface area contributed by atoms with Gasteiger partial charge >= 0.3 is 5.97 Å². The van der Waals surface area contributed by atoms with Gasteiger partial charge in [-0.05, 0) is 18.6 Å². The van der Waals surface area contributed by atoms with Crippen LogP contribution in [0, 0.1) is 0 Å². The van der Waals surface area contributed by atoms with Gasteiger partial charge in [0.2, 0.25) is 0 Å². The van der Waals surface area contributed by atoms with Gasteiger partial charge in [0.15, 0.2) is 0 Å². The number of carbonyl (C=O) groups excluding carboxylic acids is 1. The van der Waals surface area contributed by atoms with Crippen LogP contribution in [-0.2, 0) is 4.89 Å². The molecule has 0 aromatic heterocycles. The van der Waals surface area contributed by atoms with E-state index in [1.165, 1.54) is 32.1 Å². The molecule has 0 aliphatic carbocycles. The Balaban J connectivity index is 2.23. The molecule has 112 valence electrons. The molecule has 4 heteroatoms. The highest BCUT2D eigenvalue weighted by Crippen LogP contribution is 2.19. The van der Waals surface area contributed by atoms with E-state index < -0.39 is 5.97 Å². The lowest BCUT2D eigenvalue weighted by Crippen LogP contribution is -2.06. The van der Waals surface area contributed by atoms with E-state index in [-0.39, 0.29) is 5.56 Å². The van der Waals surface area contributed by atoms with Crippen molar-refractivity contribution in [1.82, 2.24) is 0 Å². The first kappa shape index (κ1) is 16.5. The van der Waals surface area contributed by atoms with Gasteiger partial charge in [-0.3, -0.25) is 4.89 Å². The normalized spacial score (nSPS) is 10.3. The van der Waals surface area contributed by atoms with Gasteiger partial charge in [0, 0.05) is 0 Å². The molecular weight excluding hydrogens is 256 g/mol. The van der Waals surface area contributed by atoms with Gasteiger partial charge < -0.3 is 4.74 Å². The number of hydrogen-bond donors (Lipinski definition) is 1. The van der Waals surface area contributed by atoms with Crippen molar-refractivity contribution in [3.63, 3.8) is 0 Å². The molecule has 0 radical (unpaired) electrons. The number of carbonyl (C=O) groups is 1. The highest BCUT2D eigenvalue weighted by atomic mass is 17.1. The molecule has 0 bridgehead atoms. The summed E-state index contributed by atoms with van der Waals surface area (Å²) in [5.74, 6) is -0.335. The third kappa shape index (κ3) is 6.06. The topological polar surface area (TPSA) is 55.8 Å². The fourth-order valence-corrected chi connectivity index (χ4v) is 2.05. The van der Waals surface area contributed by atoms with E-state index in [1.807, 2.05) is 0 Å². The van der Waals surface area contributed by atoms with Crippen LogP contribution in [-0.4, -0.2) is 17.8 Å². The second-order valence-corrected chi connectivity index (χ2v) is 4.84. The van der Waals surface area contributed by atoms with Gasteiger partial charge in [-0.1, -0.05) is 57.6 Å². The standard InChI is InChI=1S/C16H24O4/c1-2-3-4-5-6-7-10-13-19-15-12-9-8-11-14(15)16(17)20-18/h8-9,11-12,18H,2-7,10,13H2,1H3. The number of ether oxygens (including phenoxy) is 1. The summed E-state index contributed by atoms with van der Waals surface area (Å²) in [6, 6.07) is 6.76. The third-order valence-corrected chi connectivity index (χ3v) is 3.20. The molecule has 4 nitrogen and oxygen atoms in total. The molecule has 0 amide bonds. The second kappa shape index (κ2) is 10.3. The van der Waals surface area contributed by atoms with E-state index in [9.17, 15) is 4.79 Å². The summed E-state index contributed by atoms with van der Waals surface area (Å²) in [5.41, 5.74) is 0.248. The Hall–Kier alpha value is -1.55. The first-order chi connectivity index (χ1) is 9.79. The van der Waals surface area contributed by atoms with Crippen molar-refractivity contribution >= 4 is 5.97 Å². The summed E-state index contributed by atoms with van der Waals surface area (Å²) in [5, 5.41) is 8.42. The van der Waals surface area contributed by atoms with Crippen molar-refractivity contribution in [1.29, 1.82) is 0 Å². The number of para-hydroxylation sites is 1. The van der Waals surface area contributed by atoms with Gasteiger partial charge in [0.1, 0.15) is 11.3 Å². The molecule has 1 N–H and O–H groups in total. The van der Waals surface area contributed by atoms with E-state index in [4.69, 9.17) is 9.99 Å². The molecule has 0 aliphatic rings. The Morgan fingerprint density at radius 1 is 1.05 bits per heavy atom. The van der Waals surface area contributed by atoms with Crippen LogP contribution >= 0.6 is 0 Å². The Morgan fingerprint density at radius 2 is 1.70 bits per heavy atom. The van der Waals surface area contributed by atoms with Gasteiger partial charge in [-0.15, -0.1) is 0 Å². The molecule has 1 aromatic rings. The van der Waals surface area contributed by atoms with E-state index in [2.05, 4.69) is 11.8 Å². The maximum Gasteiger partial charge on any atom is 0.376 e. The molecule has 0 heterocycles. The lowest BCUT2D eigenvalue weighted by Gasteiger charge is -2.09. The Bertz CT molecular complexity index is 390. The largest absolute Gasteiger partial charge is 0.493 e. The number of unbranched alkanes of at least 4 members (excludes halogenated alkanes) is 6. The van der Waals surface area contributed by atoms with Crippen molar-refractivity contribution in [2.24, 2.45) is 0 Å². The van der Waals surface area contributed by atoms with Crippen LogP contribution in [0.25, 0.3) is 0 Å². The maximum atomic E-state index is 11.3. The summed E-state index contributed by atoms with van der Waals surface area (Å²) in [6.07, 6.45) is 8.49. The van der Waals surface area contributed by atoms with Crippen LogP contribution in [0.2, 0.25) is 0 Å². The first-order valence-electron chi connectivity index (χ1n) is 7.37. The van der Waals surface area contributed by atoms with Crippen molar-refractivity contribution in [3.8, 4) is 5.75 Å². The highest BCUT2D eigenvalue weighted by Gasteiger charge is 2.13. The van der Waals surface area contributed by atoms with E-state index in [0.29, 0.717) is 12.4 Å². The van der Waals surface area contributed by atoms with Crippen molar-refractivity contribution in [3.05, 3.63) is 29.8 Å². The molecular formula is C16H24O4. The van der Waals surface area contributed by atoms with Crippen LogP contribution in [0.15, 0.2) is 24.3 Å². The van der Waals surface area contributed by atoms with Crippen LogP contribution in [0.1, 0.15) is 62.2 Å². The minimum atomic E-state index is -0.792. The molecule has 0 spiro atoms. The predicted molar refractivity (Wildman–Crippen MR) is 78.0 cm³/mol. The smallest absolute Gasteiger partial charge is 0.376 e. The second-order valence-electron chi connectivity index (χ2n) is 4.84. The van der Waals surface area contributed by atoms with Crippen LogP contribution < -0.4 is 4.74 Å². The van der Waals surface area contributed by atoms with E-state index in [1.54, 1.807) is 24.3 Å². The molecule has 0 saturated carbocycles. The summed E-state index contributed by atoms with van der Waals surface area (Å²) in [7, 11) is 0. The molecule has 20 heavy (non-hydrogen) atoms. The molecule has 0 atom stereocenters. The number of hydrogen-bond acceptors (Lipinski definition) is 4. The zero-order valence-electron chi connectivity index (χ0n) is 12.1. The van der Waals surface area contributed by atoms with E-state index in [0.717, 1.165) is 12.8 Å². The monoisotopic (exact) mass is 280 g/mol. The minimum Gasteiger partial charge on any atom is -0.493 e. The summed E-state index contributed by atoms with van der Waals surface area (Å²) in [4.78, 5) is 15.1. The quantitative estimate of drug-likeness (QED) is 0.391.